The minimum absolute atomic E-state index is 0.00971. The quantitative estimate of drug-likeness (QED) is 0.795. The van der Waals surface area contributed by atoms with Gasteiger partial charge in [-0.15, -0.1) is 22.9 Å². The van der Waals surface area contributed by atoms with Crippen molar-refractivity contribution in [2.75, 3.05) is 25.6 Å². The van der Waals surface area contributed by atoms with Gasteiger partial charge in [0.1, 0.15) is 0 Å². The molecule has 0 spiro atoms. The van der Waals surface area contributed by atoms with Crippen LogP contribution in [0.2, 0.25) is 0 Å². The second-order valence-electron chi connectivity index (χ2n) is 3.09. The van der Waals surface area contributed by atoms with Gasteiger partial charge in [-0.05, 0) is 13.8 Å². The molecule has 0 fully saturated rings. The lowest BCUT2D eigenvalue weighted by atomic mass is 10.4. The number of hydrogen-bond acceptors (Lipinski definition) is 4. The van der Waals surface area contributed by atoms with Crippen molar-refractivity contribution in [2.45, 2.75) is 19.2 Å². The number of halogens is 1. The molecule has 1 aromatic heterocycles. The molecular weight excluding hydrogens is 220 g/mol. The van der Waals surface area contributed by atoms with Crippen molar-refractivity contribution in [3.63, 3.8) is 0 Å². The topological polar surface area (TPSA) is 34.1 Å². The third-order valence-corrected chi connectivity index (χ3v) is 3.16. The highest BCUT2D eigenvalue weighted by Crippen LogP contribution is 2.21. The molecule has 1 heterocycles. The Balaban J connectivity index is 2.38. The number of nitrogens with zero attached hydrogens (tertiary/aromatic N) is 1. The number of rotatable bonds is 5. The van der Waals surface area contributed by atoms with Gasteiger partial charge < -0.3 is 10.1 Å². The van der Waals surface area contributed by atoms with E-state index in [4.69, 9.17) is 16.3 Å². The predicted octanol–water partition coefficient (Wildman–Crippen LogP) is 2.43. The molecule has 5 heteroatoms. The highest BCUT2D eigenvalue weighted by Gasteiger charge is 2.06. The molecule has 0 aliphatic rings. The van der Waals surface area contributed by atoms with E-state index in [1.165, 1.54) is 4.88 Å². The number of aromatic nitrogens is 1. The van der Waals surface area contributed by atoms with E-state index in [0.717, 1.165) is 10.8 Å². The maximum absolute atomic E-state index is 5.97. The van der Waals surface area contributed by atoms with Crippen LogP contribution in [0.4, 0.5) is 5.13 Å². The second-order valence-corrected chi connectivity index (χ2v) is 4.91. The first-order valence-corrected chi connectivity index (χ1v) is 5.69. The highest BCUT2D eigenvalue weighted by molar-refractivity contribution is 7.15. The van der Waals surface area contributed by atoms with Gasteiger partial charge in [0, 0.05) is 18.5 Å². The molecule has 0 bridgehead atoms. The zero-order valence-corrected chi connectivity index (χ0v) is 10.2. The van der Waals surface area contributed by atoms with Gasteiger partial charge >= 0.3 is 0 Å². The van der Waals surface area contributed by atoms with Crippen LogP contribution in [-0.4, -0.2) is 30.6 Å². The number of alkyl halides is 1. The lowest BCUT2D eigenvalue weighted by molar-refractivity contribution is 0.200. The number of aryl methyl sites for hydroxylation is 2. The van der Waals surface area contributed by atoms with E-state index in [1.54, 1.807) is 18.4 Å². The van der Waals surface area contributed by atoms with E-state index in [-0.39, 0.29) is 5.38 Å². The molecule has 1 unspecified atom stereocenters. The second kappa shape index (κ2) is 5.53. The Bertz CT molecular complexity index is 271. The van der Waals surface area contributed by atoms with Gasteiger partial charge in [-0.1, -0.05) is 0 Å². The maximum Gasteiger partial charge on any atom is 0.183 e. The van der Waals surface area contributed by atoms with Gasteiger partial charge in [0.25, 0.3) is 0 Å². The van der Waals surface area contributed by atoms with Crippen molar-refractivity contribution in [1.29, 1.82) is 0 Å². The molecule has 0 aliphatic carbocycles. The number of nitrogens with one attached hydrogen (secondary N) is 1. The van der Waals surface area contributed by atoms with Crippen LogP contribution < -0.4 is 5.32 Å². The van der Waals surface area contributed by atoms with Crippen LogP contribution in [0, 0.1) is 13.8 Å². The van der Waals surface area contributed by atoms with Crippen LogP contribution in [0.15, 0.2) is 0 Å². The lowest BCUT2D eigenvalue weighted by Crippen LogP contribution is -2.18. The summed E-state index contributed by atoms with van der Waals surface area (Å²) in [6, 6.07) is 0. The standard InChI is InChI=1S/C9H15ClN2OS/c1-6-7(2)14-9(12-6)11-4-8(10)5-13-3/h8H,4-5H2,1-3H3,(H,11,12). The average molecular weight is 235 g/mol. The molecule has 0 aliphatic heterocycles. The zero-order chi connectivity index (χ0) is 10.6. The number of anilines is 1. The Morgan fingerprint density at radius 3 is 2.79 bits per heavy atom. The molecule has 14 heavy (non-hydrogen) atoms. The van der Waals surface area contributed by atoms with Crippen molar-refractivity contribution < 1.29 is 4.74 Å². The molecule has 1 atom stereocenters. The van der Waals surface area contributed by atoms with Crippen LogP contribution in [0.1, 0.15) is 10.6 Å². The summed E-state index contributed by atoms with van der Waals surface area (Å²) in [6.45, 7) is 5.30. The summed E-state index contributed by atoms with van der Waals surface area (Å²) in [6.07, 6.45) is 0. The Hall–Kier alpha value is -0.320. The highest BCUT2D eigenvalue weighted by atomic mass is 35.5. The van der Waals surface area contributed by atoms with Crippen molar-refractivity contribution in [2.24, 2.45) is 0 Å². The van der Waals surface area contributed by atoms with Crippen molar-refractivity contribution >= 4 is 28.1 Å². The molecule has 1 N–H and O–H groups in total. The van der Waals surface area contributed by atoms with E-state index < -0.39 is 0 Å². The zero-order valence-electron chi connectivity index (χ0n) is 8.63. The summed E-state index contributed by atoms with van der Waals surface area (Å²) in [5, 5.41) is 4.11. The lowest BCUT2D eigenvalue weighted by Gasteiger charge is -2.07. The third kappa shape index (κ3) is 3.44. The number of hydrogen-bond donors (Lipinski definition) is 1. The van der Waals surface area contributed by atoms with Gasteiger partial charge in [-0.3, -0.25) is 0 Å². The van der Waals surface area contributed by atoms with Crippen molar-refractivity contribution in [3.8, 4) is 0 Å². The van der Waals surface area contributed by atoms with Crippen molar-refractivity contribution in [1.82, 2.24) is 4.98 Å². The average Bonchev–Trinajstić information content (AvgIpc) is 2.44. The SMILES string of the molecule is COCC(Cl)CNc1nc(C)c(C)s1. The molecular formula is C9H15ClN2OS. The molecule has 1 rings (SSSR count). The van der Waals surface area contributed by atoms with E-state index >= 15 is 0 Å². The number of thiazole rings is 1. The van der Waals surface area contributed by atoms with E-state index in [9.17, 15) is 0 Å². The van der Waals surface area contributed by atoms with Crippen LogP contribution in [0.25, 0.3) is 0 Å². The fourth-order valence-corrected chi connectivity index (χ4v) is 2.01. The first kappa shape index (κ1) is 11.8. The van der Waals surface area contributed by atoms with Gasteiger partial charge in [0.2, 0.25) is 0 Å². The van der Waals surface area contributed by atoms with Gasteiger partial charge in [-0.2, -0.15) is 0 Å². The van der Waals surface area contributed by atoms with Crippen molar-refractivity contribution in [3.05, 3.63) is 10.6 Å². The summed E-state index contributed by atoms with van der Waals surface area (Å²) in [5.41, 5.74) is 1.08. The monoisotopic (exact) mass is 234 g/mol. The summed E-state index contributed by atoms with van der Waals surface area (Å²) in [4.78, 5) is 5.59. The fourth-order valence-electron chi connectivity index (χ4n) is 0.986. The van der Waals surface area contributed by atoms with Crippen LogP contribution in [0.3, 0.4) is 0 Å². The molecule has 0 radical (unpaired) electrons. The Morgan fingerprint density at radius 2 is 2.29 bits per heavy atom. The van der Waals surface area contributed by atoms with E-state index in [1.807, 2.05) is 6.92 Å². The summed E-state index contributed by atoms with van der Waals surface area (Å²) >= 11 is 7.62. The molecule has 0 saturated carbocycles. The van der Waals surface area contributed by atoms with Gasteiger partial charge in [0.15, 0.2) is 5.13 Å². The minimum atomic E-state index is -0.00971. The number of ether oxygens (including phenoxy) is 1. The first-order valence-electron chi connectivity index (χ1n) is 4.44. The third-order valence-electron chi connectivity index (χ3n) is 1.85. The summed E-state index contributed by atoms with van der Waals surface area (Å²) in [5.74, 6) is 0. The molecule has 0 saturated heterocycles. The largest absolute Gasteiger partial charge is 0.383 e. The fraction of sp³-hybridized carbons (Fsp3) is 0.667. The Morgan fingerprint density at radius 1 is 1.57 bits per heavy atom. The molecule has 0 aromatic carbocycles. The predicted molar refractivity (Wildman–Crippen MR) is 61.6 cm³/mol. The molecule has 3 nitrogen and oxygen atoms in total. The molecule has 80 valence electrons. The van der Waals surface area contributed by atoms with E-state index in [2.05, 4.69) is 17.2 Å². The maximum atomic E-state index is 5.97. The van der Waals surface area contributed by atoms with Gasteiger partial charge in [-0.25, -0.2) is 4.98 Å². The number of methoxy groups -OCH3 is 1. The smallest absolute Gasteiger partial charge is 0.183 e. The van der Waals surface area contributed by atoms with Crippen LogP contribution in [0.5, 0.6) is 0 Å². The summed E-state index contributed by atoms with van der Waals surface area (Å²) < 4.78 is 4.93. The normalized spacial score (nSPS) is 12.9. The van der Waals surface area contributed by atoms with Gasteiger partial charge in [0.05, 0.1) is 17.7 Å². The first-order chi connectivity index (χ1) is 6.63. The summed E-state index contributed by atoms with van der Waals surface area (Å²) in [7, 11) is 1.65. The Labute approximate surface area is 93.4 Å². The Kier molecular flexibility index (Phi) is 4.65. The van der Waals surface area contributed by atoms with E-state index in [0.29, 0.717) is 13.2 Å². The van der Waals surface area contributed by atoms with Crippen LogP contribution in [-0.2, 0) is 4.74 Å². The van der Waals surface area contributed by atoms with Crippen LogP contribution >= 0.6 is 22.9 Å². The minimum Gasteiger partial charge on any atom is -0.383 e. The molecule has 0 amide bonds. The molecule has 1 aromatic rings.